The topological polar surface area (TPSA) is 58.5 Å². The van der Waals surface area contributed by atoms with Gasteiger partial charge in [-0.15, -0.1) is 0 Å². The molecule has 0 saturated carbocycles. The molecule has 0 saturated heterocycles. The van der Waals surface area contributed by atoms with E-state index in [1.807, 2.05) is 13.0 Å². The highest BCUT2D eigenvalue weighted by molar-refractivity contribution is 7.89. The minimum Gasteiger partial charge on any atom is -0.200 e. The summed E-state index contributed by atoms with van der Waals surface area (Å²) in [6, 6.07) is 12.2. The first-order valence-corrected chi connectivity index (χ1v) is 8.13. The summed E-state index contributed by atoms with van der Waals surface area (Å²) in [6.45, 7) is 3.66. The van der Waals surface area contributed by atoms with Gasteiger partial charge in [-0.25, -0.2) is 4.83 Å². The fourth-order valence-corrected chi connectivity index (χ4v) is 3.10. The number of nitrogens with zero attached hydrogens (tertiary/aromatic N) is 1. The highest BCUT2D eigenvalue weighted by Gasteiger charge is 2.15. The Morgan fingerprint density at radius 1 is 1.14 bits per heavy atom. The van der Waals surface area contributed by atoms with Crippen LogP contribution in [0, 0.1) is 13.8 Å². The van der Waals surface area contributed by atoms with E-state index >= 15 is 0 Å². The van der Waals surface area contributed by atoms with Gasteiger partial charge in [0.2, 0.25) is 0 Å². The van der Waals surface area contributed by atoms with Gasteiger partial charge in [-0.1, -0.05) is 47.5 Å². The SMILES string of the molecule is Cc1ccc(S(=O)(=O)N/N=C/c2ccccc2Cl)c(C)c1. The van der Waals surface area contributed by atoms with E-state index in [4.69, 9.17) is 11.6 Å². The Labute approximate surface area is 129 Å². The van der Waals surface area contributed by atoms with E-state index in [1.54, 1.807) is 43.3 Å². The standard InChI is InChI=1S/C15H15ClN2O2S/c1-11-7-8-15(12(2)9-11)21(19,20)18-17-10-13-5-3-4-6-14(13)16/h3-10,18H,1-2H3/b17-10+. The number of aryl methyl sites for hydroxylation is 2. The summed E-state index contributed by atoms with van der Waals surface area (Å²) in [7, 11) is -3.68. The lowest BCUT2D eigenvalue weighted by Crippen LogP contribution is -2.19. The molecule has 0 spiro atoms. The first-order valence-electron chi connectivity index (χ1n) is 6.27. The molecule has 0 fully saturated rings. The van der Waals surface area contributed by atoms with Gasteiger partial charge < -0.3 is 0 Å². The van der Waals surface area contributed by atoms with E-state index in [1.165, 1.54) is 6.21 Å². The van der Waals surface area contributed by atoms with Crippen LogP contribution in [-0.2, 0) is 10.0 Å². The second kappa shape index (κ2) is 6.28. The van der Waals surface area contributed by atoms with Gasteiger partial charge in [-0.2, -0.15) is 13.5 Å². The Kier molecular flexibility index (Phi) is 4.65. The van der Waals surface area contributed by atoms with Gasteiger partial charge in [0.05, 0.1) is 11.1 Å². The summed E-state index contributed by atoms with van der Waals surface area (Å²) in [4.78, 5) is 2.41. The van der Waals surface area contributed by atoms with Crippen molar-refractivity contribution in [3.05, 3.63) is 64.2 Å². The van der Waals surface area contributed by atoms with Crippen molar-refractivity contribution >= 4 is 27.8 Å². The lowest BCUT2D eigenvalue weighted by Gasteiger charge is -2.07. The molecule has 0 amide bonds. The Morgan fingerprint density at radius 2 is 1.86 bits per heavy atom. The Hall–Kier alpha value is -1.85. The molecule has 0 radical (unpaired) electrons. The van der Waals surface area contributed by atoms with Crippen molar-refractivity contribution in [1.82, 2.24) is 4.83 Å². The quantitative estimate of drug-likeness (QED) is 0.693. The second-order valence-electron chi connectivity index (χ2n) is 4.64. The summed E-state index contributed by atoms with van der Waals surface area (Å²) in [5.41, 5.74) is 2.32. The molecule has 0 bridgehead atoms. The molecular weight excluding hydrogens is 308 g/mol. The smallest absolute Gasteiger partial charge is 0.200 e. The number of halogens is 1. The van der Waals surface area contributed by atoms with E-state index in [0.29, 0.717) is 16.1 Å². The highest BCUT2D eigenvalue weighted by atomic mass is 35.5. The van der Waals surface area contributed by atoms with Crippen LogP contribution in [0.25, 0.3) is 0 Å². The monoisotopic (exact) mass is 322 g/mol. The summed E-state index contributed by atoms with van der Waals surface area (Å²) in [6.07, 6.45) is 1.38. The second-order valence-corrected chi connectivity index (χ2v) is 6.68. The van der Waals surface area contributed by atoms with Crippen molar-refractivity contribution in [2.24, 2.45) is 5.10 Å². The third kappa shape index (κ3) is 3.83. The molecule has 0 heterocycles. The van der Waals surface area contributed by atoms with Crippen LogP contribution < -0.4 is 4.83 Å². The largest absolute Gasteiger partial charge is 0.276 e. The number of hydrogen-bond acceptors (Lipinski definition) is 3. The molecule has 0 aliphatic rings. The van der Waals surface area contributed by atoms with E-state index in [2.05, 4.69) is 9.93 Å². The van der Waals surface area contributed by atoms with Crippen LogP contribution in [0.4, 0.5) is 0 Å². The minimum absolute atomic E-state index is 0.212. The maximum absolute atomic E-state index is 12.2. The average molecular weight is 323 g/mol. The Balaban J connectivity index is 2.21. The van der Waals surface area contributed by atoms with Crippen molar-refractivity contribution in [3.63, 3.8) is 0 Å². The van der Waals surface area contributed by atoms with Crippen molar-refractivity contribution in [2.45, 2.75) is 18.7 Å². The average Bonchev–Trinajstić information content (AvgIpc) is 2.40. The molecule has 0 aliphatic carbocycles. The Morgan fingerprint density at radius 3 is 2.52 bits per heavy atom. The van der Waals surface area contributed by atoms with Crippen molar-refractivity contribution in [2.75, 3.05) is 0 Å². The van der Waals surface area contributed by atoms with E-state index < -0.39 is 10.0 Å². The van der Waals surface area contributed by atoms with Crippen LogP contribution in [0.15, 0.2) is 52.5 Å². The molecule has 0 aliphatic heterocycles. The predicted molar refractivity (Wildman–Crippen MR) is 85.3 cm³/mol. The van der Waals surface area contributed by atoms with Gasteiger partial charge in [0, 0.05) is 10.6 Å². The van der Waals surface area contributed by atoms with Gasteiger partial charge in [0.25, 0.3) is 10.0 Å². The number of nitrogens with one attached hydrogen (secondary N) is 1. The summed E-state index contributed by atoms with van der Waals surface area (Å²) in [5, 5.41) is 4.27. The third-order valence-corrected chi connectivity index (χ3v) is 4.63. The number of hydrazone groups is 1. The summed E-state index contributed by atoms with van der Waals surface area (Å²) < 4.78 is 24.4. The highest BCUT2D eigenvalue weighted by Crippen LogP contribution is 2.16. The van der Waals surface area contributed by atoms with Crippen molar-refractivity contribution in [1.29, 1.82) is 0 Å². The predicted octanol–water partition coefficient (Wildman–Crippen LogP) is 3.27. The number of hydrogen-bond donors (Lipinski definition) is 1. The lowest BCUT2D eigenvalue weighted by molar-refractivity contribution is 0.584. The zero-order valence-electron chi connectivity index (χ0n) is 11.7. The molecule has 2 aromatic carbocycles. The first kappa shape index (κ1) is 15.5. The van der Waals surface area contributed by atoms with Crippen LogP contribution in [0.5, 0.6) is 0 Å². The van der Waals surface area contributed by atoms with Gasteiger partial charge in [0.1, 0.15) is 0 Å². The molecule has 6 heteroatoms. The van der Waals surface area contributed by atoms with Crippen molar-refractivity contribution in [3.8, 4) is 0 Å². The molecule has 0 unspecified atom stereocenters. The van der Waals surface area contributed by atoms with Crippen LogP contribution in [0.1, 0.15) is 16.7 Å². The third-order valence-electron chi connectivity index (χ3n) is 2.90. The van der Waals surface area contributed by atoms with Crippen LogP contribution in [-0.4, -0.2) is 14.6 Å². The van der Waals surface area contributed by atoms with Crippen LogP contribution in [0.2, 0.25) is 5.02 Å². The minimum atomic E-state index is -3.68. The maximum atomic E-state index is 12.2. The molecular formula is C15H15ClN2O2S. The number of rotatable bonds is 4. The molecule has 0 atom stereocenters. The fourth-order valence-electron chi connectivity index (χ4n) is 1.90. The fraction of sp³-hybridized carbons (Fsp3) is 0.133. The normalized spacial score (nSPS) is 11.8. The first-order chi connectivity index (χ1) is 9.90. The van der Waals surface area contributed by atoms with E-state index in [9.17, 15) is 8.42 Å². The molecule has 0 aromatic heterocycles. The summed E-state index contributed by atoms with van der Waals surface area (Å²) >= 11 is 5.97. The van der Waals surface area contributed by atoms with Crippen molar-refractivity contribution < 1.29 is 8.42 Å². The maximum Gasteiger partial charge on any atom is 0.276 e. The zero-order chi connectivity index (χ0) is 15.5. The molecule has 2 rings (SSSR count). The number of sulfonamides is 1. The molecule has 110 valence electrons. The molecule has 21 heavy (non-hydrogen) atoms. The van der Waals surface area contributed by atoms with E-state index in [-0.39, 0.29) is 4.90 Å². The molecule has 4 nitrogen and oxygen atoms in total. The van der Waals surface area contributed by atoms with Gasteiger partial charge in [-0.3, -0.25) is 0 Å². The zero-order valence-corrected chi connectivity index (χ0v) is 13.2. The van der Waals surface area contributed by atoms with Gasteiger partial charge in [0.15, 0.2) is 0 Å². The van der Waals surface area contributed by atoms with Crippen LogP contribution in [0.3, 0.4) is 0 Å². The number of benzene rings is 2. The van der Waals surface area contributed by atoms with Crippen LogP contribution >= 0.6 is 11.6 Å². The Bertz CT molecular complexity index is 786. The lowest BCUT2D eigenvalue weighted by atomic mass is 10.2. The molecule has 2 aromatic rings. The van der Waals surface area contributed by atoms with Gasteiger partial charge in [-0.05, 0) is 31.5 Å². The molecule has 1 N–H and O–H groups in total. The van der Waals surface area contributed by atoms with E-state index in [0.717, 1.165) is 5.56 Å². The summed E-state index contributed by atoms with van der Waals surface area (Å²) in [5.74, 6) is 0. The van der Waals surface area contributed by atoms with Gasteiger partial charge >= 0.3 is 0 Å².